The molecule has 0 atom stereocenters. The highest BCUT2D eigenvalue weighted by Gasteiger charge is 2.58. The van der Waals surface area contributed by atoms with E-state index in [0.29, 0.717) is 25.3 Å². The van der Waals surface area contributed by atoms with E-state index in [-0.39, 0.29) is 5.91 Å². The molecule has 14 heavy (non-hydrogen) atoms. The number of carboxylic acids is 1. The van der Waals surface area contributed by atoms with Crippen LogP contribution in [0.5, 0.6) is 0 Å². The number of aliphatic carboxylic acids is 1. The maximum atomic E-state index is 11.7. The van der Waals surface area contributed by atoms with Gasteiger partial charge in [0.15, 0.2) is 0 Å². The van der Waals surface area contributed by atoms with Crippen molar-refractivity contribution in [2.45, 2.75) is 26.7 Å². The molecule has 0 heterocycles. The predicted octanol–water partition coefficient (Wildman–Crippen LogP) is 0.966. The van der Waals surface area contributed by atoms with E-state index in [4.69, 9.17) is 5.11 Å². The van der Waals surface area contributed by atoms with E-state index in [9.17, 15) is 9.59 Å². The molecule has 4 heteroatoms. The molecule has 0 aromatic rings. The smallest absolute Gasteiger partial charge is 0.319 e. The Morgan fingerprint density at radius 2 is 1.93 bits per heavy atom. The topological polar surface area (TPSA) is 57.6 Å². The van der Waals surface area contributed by atoms with Crippen molar-refractivity contribution in [2.24, 2.45) is 11.3 Å². The lowest BCUT2D eigenvalue weighted by Gasteiger charge is -2.22. The molecule has 0 saturated heterocycles. The lowest BCUT2D eigenvalue weighted by Crippen LogP contribution is -2.40. The van der Waals surface area contributed by atoms with Crippen LogP contribution in [0.3, 0.4) is 0 Å². The van der Waals surface area contributed by atoms with E-state index in [1.54, 1.807) is 7.05 Å². The number of carboxylic acid groups (broad SMARTS) is 1. The minimum atomic E-state index is -1.08. The average molecular weight is 199 g/mol. The van der Waals surface area contributed by atoms with E-state index in [0.717, 1.165) is 0 Å². The van der Waals surface area contributed by atoms with Crippen LogP contribution in [0.1, 0.15) is 26.7 Å². The molecule has 0 unspecified atom stereocenters. The molecule has 0 spiro atoms. The van der Waals surface area contributed by atoms with Gasteiger partial charge in [-0.3, -0.25) is 9.59 Å². The fourth-order valence-corrected chi connectivity index (χ4v) is 1.64. The molecular weight excluding hydrogens is 182 g/mol. The summed E-state index contributed by atoms with van der Waals surface area (Å²) in [5.74, 6) is -0.842. The van der Waals surface area contributed by atoms with Gasteiger partial charge in [-0.05, 0) is 18.8 Å². The SMILES string of the molecule is CC(C)CN(C)C(=O)C1(C(=O)O)CC1. The van der Waals surface area contributed by atoms with Gasteiger partial charge in [-0.1, -0.05) is 13.8 Å². The highest BCUT2D eigenvalue weighted by Crippen LogP contribution is 2.47. The lowest BCUT2D eigenvalue weighted by atomic mass is 10.1. The standard InChI is InChI=1S/C10H17NO3/c1-7(2)6-11(3)8(12)10(4-5-10)9(13)14/h7H,4-6H2,1-3H3,(H,13,14). The van der Waals surface area contributed by atoms with Crippen LogP contribution in [0.2, 0.25) is 0 Å². The van der Waals surface area contributed by atoms with Crippen molar-refractivity contribution in [2.75, 3.05) is 13.6 Å². The number of hydrogen-bond donors (Lipinski definition) is 1. The molecule has 0 aliphatic heterocycles. The van der Waals surface area contributed by atoms with Crippen molar-refractivity contribution in [3.8, 4) is 0 Å². The Bertz CT molecular complexity index is 256. The fraction of sp³-hybridized carbons (Fsp3) is 0.800. The maximum absolute atomic E-state index is 11.7. The molecule has 1 rings (SSSR count). The number of hydrogen-bond acceptors (Lipinski definition) is 2. The summed E-state index contributed by atoms with van der Waals surface area (Å²) in [4.78, 5) is 24.2. The van der Waals surface area contributed by atoms with Crippen molar-refractivity contribution in [1.82, 2.24) is 4.90 Å². The minimum absolute atomic E-state index is 0.237. The summed E-state index contributed by atoms with van der Waals surface area (Å²) in [6.45, 7) is 4.63. The number of carbonyl (C=O) groups is 2. The van der Waals surface area contributed by atoms with Crippen molar-refractivity contribution in [3.05, 3.63) is 0 Å². The van der Waals surface area contributed by atoms with Gasteiger partial charge < -0.3 is 10.0 Å². The zero-order valence-electron chi connectivity index (χ0n) is 8.91. The molecule has 1 fully saturated rings. The zero-order valence-corrected chi connectivity index (χ0v) is 8.91. The van der Waals surface area contributed by atoms with Crippen LogP contribution in [-0.2, 0) is 9.59 Å². The molecule has 1 aliphatic rings. The minimum Gasteiger partial charge on any atom is -0.480 e. The van der Waals surface area contributed by atoms with Gasteiger partial charge in [-0.25, -0.2) is 0 Å². The van der Waals surface area contributed by atoms with E-state index in [1.165, 1.54) is 4.90 Å². The van der Waals surface area contributed by atoms with Crippen LogP contribution in [0.4, 0.5) is 0 Å². The molecule has 0 bridgehead atoms. The van der Waals surface area contributed by atoms with Crippen LogP contribution in [0.25, 0.3) is 0 Å². The molecule has 1 aliphatic carbocycles. The van der Waals surface area contributed by atoms with Crippen LogP contribution in [-0.4, -0.2) is 35.5 Å². The molecule has 1 amide bonds. The van der Waals surface area contributed by atoms with Crippen molar-refractivity contribution < 1.29 is 14.7 Å². The molecule has 1 saturated carbocycles. The number of carbonyl (C=O) groups excluding carboxylic acids is 1. The Morgan fingerprint density at radius 1 is 1.43 bits per heavy atom. The molecule has 0 aromatic heterocycles. The Labute approximate surface area is 83.9 Å². The van der Waals surface area contributed by atoms with Gasteiger partial charge in [0.05, 0.1) is 0 Å². The quantitative estimate of drug-likeness (QED) is 0.686. The third-order valence-corrected chi connectivity index (χ3v) is 2.55. The second kappa shape index (κ2) is 3.59. The summed E-state index contributed by atoms with van der Waals surface area (Å²) >= 11 is 0. The largest absolute Gasteiger partial charge is 0.480 e. The molecule has 1 N–H and O–H groups in total. The normalized spacial score (nSPS) is 18.0. The molecule has 80 valence electrons. The Morgan fingerprint density at radius 3 is 2.21 bits per heavy atom. The van der Waals surface area contributed by atoms with Crippen LogP contribution in [0.15, 0.2) is 0 Å². The highest BCUT2D eigenvalue weighted by molar-refractivity contribution is 6.04. The molecular formula is C10H17NO3. The summed E-state index contributed by atoms with van der Waals surface area (Å²) in [6.07, 6.45) is 0.979. The van der Waals surface area contributed by atoms with Gasteiger partial charge >= 0.3 is 5.97 Å². The molecule has 0 radical (unpaired) electrons. The van der Waals surface area contributed by atoms with E-state index < -0.39 is 11.4 Å². The Hall–Kier alpha value is -1.06. The second-order valence-corrected chi connectivity index (χ2v) is 4.47. The number of rotatable bonds is 4. The van der Waals surface area contributed by atoms with Crippen LogP contribution < -0.4 is 0 Å². The second-order valence-electron chi connectivity index (χ2n) is 4.47. The average Bonchev–Trinajstić information content (AvgIpc) is 2.81. The van der Waals surface area contributed by atoms with E-state index in [1.807, 2.05) is 13.8 Å². The van der Waals surface area contributed by atoms with E-state index >= 15 is 0 Å². The maximum Gasteiger partial charge on any atom is 0.319 e. The van der Waals surface area contributed by atoms with Crippen molar-refractivity contribution in [1.29, 1.82) is 0 Å². The number of nitrogens with zero attached hydrogens (tertiary/aromatic N) is 1. The summed E-state index contributed by atoms with van der Waals surface area (Å²) < 4.78 is 0. The van der Waals surface area contributed by atoms with Crippen molar-refractivity contribution >= 4 is 11.9 Å². The van der Waals surface area contributed by atoms with Crippen LogP contribution in [0, 0.1) is 11.3 Å². The van der Waals surface area contributed by atoms with Gasteiger partial charge in [0.25, 0.3) is 0 Å². The van der Waals surface area contributed by atoms with E-state index in [2.05, 4.69) is 0 Å². The third-order valence-electron chi connectivity index (χ3n) is 2.55. The molecule has 0 aromatic carbocycles. The third kappa shape index (κ3) is 1.89. The predicted molar refractivity (Wildman–Crippen MR) is 51.8 cm³/mol. The van der Waals surface area contributed by atoms with Crippen molar-refractivity contribution in [3.63, 3.8) is 0 Å². The Balaban J connectivity index is 2.61. The number of amides is 1. The highest BCUT2D eigenvalue weighted by atomic mass is 16.4. The first kappa shape index (κ1) is 11.0. The Kier molecular flexibility index (Phi) is 2.83. The zero-order chi connectivity index (χ0) is 10.9. The first-order valence-electron chi connectivity index (χ1n) is 4.89. The monoisotopic (exact) mass is 199 g/mol. The summed E-state index contributed by atoms with van der Waals surface area (Å²) in [7, 11) is 1.67. The van der Waals surface area contributed by atoms with Crippen LogP contribution >= 0.6 is 0 Å². The summed E-state index contributed by atoms with van der Waals surface area (Å²) in [6, 6.07) is 0. The van der Waals surface area contributed by atoms with Gasteiger partial charge in [0.2, 0.25) is 5.91 Å². The summed E-state index contributed by atoms with van der Waals surface area (Å²) in [5.41, 5.74) is -1.08. The first-order valence-corrected chi connectivity index (χ1v) is 4.89. The first-order chi connectivity index (χ1) is 6.40. The van der Waals surface area contributed by atoms with Gasteiger partial charge in [0, 0.05) is 13.6 Å². The molecule has 4 nitrogen and oxygen atoms in total. The fourth-order valence-electron chi connectivity index (χ4n) is 1.64. The summed E-state index contributed by atoms with van der Waals surface area (Å²) in [5, 5.41) is 8.91. The van der Waals surface area contributed by atoms with Gasteiger partial charge in [-0.15, -0.1) is 0 Å². The van der Waals surface area contributed by atoms with Gasteiger partial charge in [0.1, 0.15) is 5.41 Å². The lowest BCUT2D eigenvalue weighted by molar-refractivity contribution is -0.153. The van der Waals surface area contributed by atoms with Gasteiger partial charge in [-0.2, -0.15) is 0 Å².